The van der Waals surface area contributed by atoms with Crippen LogP contribution in [0.3, 0.4) is 0 Å². The van der Waals surface area contributed by atoms with Crippen LogP contribution in [0.25, 0.3) is 6.08 Å². The molecule has 2 aromatic carbocycles. The number of nitrogens with zero attached hydrogens (tertiary/aromatic N) is 1. The van der Waals surface area contributed by atoms with Crippen molar-refractivity contribution in [3.05, 3.63) is 80.3 Å². The van der Waals surface area contributed by atoms with Crippen molar-refractivity contribution in [3.8, 4) is 0 Å². The van der Waals surface area contributed by atoms with Crippen molar-refractivity contribution in [2.24, 2.45) is 0 Å². The molecule has 0 aliphatic rings. The second-order valence-electron chi connectivity index (χ2n) is 4.00. The number of para-hydroxylation sites is 1. The highest BCUT2D eigenvalue weighted by Crippen LogP contribution is 2.24. The lowest BCUT2D eigenvalue weighted by Gasteiger charge is -2.01. The van der Waals surface area contributed by atoms with E-state index in [1.165, 1.54) is 12.1 Å². The molecule has 0 bridgehead atoms. The monoisotopic (exact) mass is 331 g/mol. The topological polar surface area (TPSA) is 60.2 Å². The molecule has 0 saturated carbocycles. The first kappa shape index (κ1) is 14.1. The van der Waals surface area contributed by atoms with Crippen LogP contribution in [0.1, 0.15) is 15.9 Å². The third-order valence-electron chi connectivity index (χ3n) is 2.67. The van der Waals surface area contributed by atoms with Gasteiger partial charge in [0.15, 0.2) is 5.78 Å². The van der Waals surface area contributed by atoms with Gasteiger partial charge in [-0.2, -0.15) is 0 Å². The summed E-state index contributed by atoms with van der Waals surface area (Å²) in [5, 5.41) is 10.9. The average Bonchev–Trinajstić information content (AvgIpc) is 2.47. The maximum Gasteiger partial charge on any atom is 0.276 e. The smallest absolute Gasteiger partial charge is 0.276 e. The zero-order valence-electron chi connectivity index (χ0n) is 10.3. The highest BCUT2D eigenvalue weighted by atomic mass is 79.9. The minimum Gasteiger partial charge on any atom is -0.288 e. The van der Waals surface area contributed by atoms with Crippen LogP contribution in [0.2, 0.25) is 0 Å². The molecule has 0 fully saturated rings. The van der Waals surface area contributed by atoms with Crippen molar-refractivity contribution in [1.82, 2.24) is 0 Å². The van der Waals surface area contributed by atoms with Crippen LogP contribution >= 0.6 is 15.9 Å². The molecule has 0 saturated heterocycles. The van der Waals surface area contributed by atoms with Gasteiger partial charge >= 0.3 is 0 Å². The second-order valence-corrected chi connectivity index (χ2v) is 4.86. The lowest BCUT2D eigenvalue weighted by Crippen LogP contribution is -1.98. The van der Waals surface area contributed by atoms with Crippen molar-refractivity contribution >= 4 is 33.5 Å². The first-order chi connectivity index (χ1) is 9.59. The number of ketones is 1. The number of allylic oxidation sites excluding steroid dienone is 1. The van der Waals surface area contributed by atoms with E-state index in [0.717, 1.165) is 0 Å². The van der Waals surface area contributed by atoms with Gasteiger partial charge in [-0.1, -0.05) is 42.5 Å². The van der Waals surface area contributed by atoms with E-state index in [-0.39, 0.29) is 16.0 Å². The SMILES string of the molecule is O=C(/C(Br)=C/c1ccccc1[N+](=O)[O-])c1ccccc1. The van der Waals surface area contributed by atoms with Crippen molar-refractivity contribution in [2.75, 3.05) is 0 Å². The molecule has 0 heterocycles. The number of carbonyl (C=O) groups excluding carboxylic acids is 1. The summed E-state index contributed by atoms with van der Waals surface area (Å²) in [5.41, 5.74) is 0.869. The highest BCUT2D eigenvalue weighted by Gasteiger charge is 2.14. The summed E-state index contributed by atoms with van der Waals surface area (Å²) in [6.07, 6.45) is 1.47. The standard InChI is InChI=1S/C15H10BrNO3/c16-13(15(18)11-6-2-1-3-7-11)10-12-8-4-5-9-14(12)17(19)20/h1-10H/b13-10-. The molecule has 100 valence electrons. The predicted octanol–water partition coefficient (Wildman–Crippen LogP) is 4.21. The Kier molecular flexibility index (Phi) is 4.42. The molecule has 0 aromatic heterocycles. The molecule has 0 unspecified atom stereocenters. The Morgan fingerprint density at radius 2 is 1.65 bits per heavy atom. The fourth-order valence-electron chi connectivity index (χ4n) is 1.71. The number of Topliss-reactive ketones (excluding diaryl/α,β-unsaturated/α-hetero) is 1. The second kappa shape index (κ2) is 6.25. The summed E-state index contributed by atoms with van der Waals surface area (Å²) in [6.45, 7) is 0. The molecule has 0 aliphatic heterocycles. The van der Waals surface area contributed by atoms with Crippen LogP contribution in [0.5, 0.6) is 0 Å². The Balaban J connectivity index is 2.36. The molecule has 20 heavy (non-hydrogen) atoms. The number of benzene rings is 2. The largest absolute Gasteiger partial charge is 0.288 e. The number of hydrogen-bond donors (Lipinski definition) is 0. The lowest BCUT2D eigenvalue weighted by molar-refractivity contribution is -0.385. The molecule has 2 aromatic rings. The summed E-state index contributed by atoms with van der Waals surface area (Å²) >= 11 is 3.19. The van der Waals surface area contributed by atoms with Crippen molar-refractivity contribution in [1.29, 1.82) is 0 Å². The first-order valence-electron chi connectivity index (χ1n) is 5.80. The van der Waals surface area contributed by atoms with E-state index in [4.69, 9.17) is 0 Å². The van der Waals surface area contributed by atoms with Gasteiger partial charge in [-0.15, -0.1) is 0 Å². The van der Waals surface area contributed by atoms with Crippen molar-refractivity contribution < 1.29 is 9.72 Å². The van der Waals surface area contributed by atoms with Gasteiger partial charge in [0.2, 0.25) is 0 Å². The zero-order valence-corrected chi connectivity index (χ0v) is 11.9. The molecule has 0 radical (unpaired) electrons. The van der Waals surface area contributed by atoms with E-state index in [9.17, 15) is 14.9 Å². The van der Waals surface area contributed by atoms with Gasteiger partial charge in [0.25, 0.3) is 5.69 Å². The average molecular weight is 332 g/mol. The summed E-state index contributed by atoms with van der Waals surface area (Å²) in [7, 11) is 0. The van der Waals surface area contributed by atoms with E-state index in [1.807, 2.05) is 6.07 Å². The molecule has 0 atom stereocenters. The fraction of sp³-hybridized carbons (Fsp3) is 0. The van der Waals surface area contributed by atoms with Crippen LogP contribution in [0.15, 0.2) is 59.1 Å². The molecule has 4 nitrogen and oxygen atoms in total. The quantitative estimate of drug-likeness (QED) is 0.365. The van der Waals surface area contributed by atoms with E-state index in [1.54, 1.807) is 42.5 Å². The highest BCUT2D eigenvalue weighted by molar-refractivity contribution is 9.12. The van der Waals surface area contributed by atoms with Crippen LogP contribution < -0.4 is 0 Å². The molecule has 2 rings (SSSR count). The number of nitro benzene ring substituents is 1. The molecular weight excluding hydrogens is 322 g/mol. The van der Waals surface area contributed by atoms with Crippen molar-refractivity contribution in [2.45, 2.75) is 0 Å². The van der Waals surface area contributed by atoms with E-state index in [2.05, 4.69) is 15.9 Å². The molecule has 0 spiro atoms. The molecule has 0 N–H and O–H groups in total. The van der Waals surface area contributed by atoms with Gasteiger partial charge in [-0.3, -0.25) is 14.9 Å². The normalized spacial score (nSPS) is 11.2. The minimum atomic E-state index is -0.473. The number of carbonyl (C=O) groups is 1. The summed E-state index contributed by atoms with van der Waals surface area (Å²) < 4.78 is 0.276. The predicted molar refractivity (Wildman–Crippen MR) is 80.8 cm³/mol. The molecule has 0 aliphatic carbocycles. The van der Waals surface area contributed by atoms with Gasteiger partial charge in [0.1, 0.15) is 0 Å². The van der Waals surface area contributed by atoms with Gasteiger partial charge < -0.3 is 0 Å². The molecular formula is C15H10BrNO3. The maximum absolute atomic E-state index is 12.1. The van der Waals surface area contributed by atoms with E-state index in [0.29, 0.717) is 11.1 Å². The van der Waals surface area contributed by atoms with Crippen molar-refractivity contribution in [3.63, 3.8) is 0 Å². The Hall–Kier alpha value is -2.27. The van der Waals surface area contributed by atoms with Crippen LogP contribution in [0.4, 0.5) is 5.69 Å². The summed E-state index contributed by atoms with van der Waals surface area (Å²) in [4.78, 5) is 22.6. The van der Waals surface area contributed by atoms with Gasteiger partial charge in [0.05, 0.1) is 15.0 Å². The van der Waals surface area contributed by atoms with E-state index >= 15 is 0 Å². The third-order valence-corrected chi connectivity index (χ3v) is 3.26. The Morgan fingerprint density at radius 3 is 2.30 bits per heavy atom. The Bertz CT molecular complexity index is 681. The third kappa shape index (κ3) is 3.19. The summed E-state index contributed by atoms with van der Waals surface area (Å²) in [6, 6.07) is 15.0. The molecule has 0 amide bonds. The van der Waals surface area contributed by atoms with Crippen LogP contribution in [0, 0.1) is 10.1 Å². The van der Waals surface area contributed by atoms with E-state index < -0.39 is 4.92 Å². The number of rotatable bonds is 4. The number of nitro groups is 1. The zero-order chi connectivity index (χ0) is 14.5. The molecule has 5 heteroatoms. The Labute approximate surface area is 124 Å². The van der Waals surface area contributed by atoms with Crippen LogP contribution in [-0.4, -0.2) is 10.7 Å². The van der Waals surface area contributed by atoms with Gasteiger partial charge in [-0.05, 0) is 28.1 Å². The van der Waals surface area contributed by atoms with Crippen LogP contribution in [-0.2, 0) is 0 Å². The number of hydrogen-bond acceptors (Lipinski definition) is 3. The minimum absolute atomic E-state index is 0.0367. The first-order valence-corrected chi connectivity index (χ1v) is 6.59. The van der Waals surface area contributed by atoms with Gasteiger partial charge in [0, 0.05) is 11.6 Å². The fourth-order valence-corrected chi connectivity index (χ4v) is 2.18. The lowest BCUT2D eigenvalue weighted by atomic mass is 10.1. The Morgan fingerprint density at radius 1 is 1.05 bits per heavy atom. The maximum atomic E-state index is 12.1. The number of halogens is 1. The summed E-state index contributed by atoms with van der Waals surface area (Å²) in [5.74, 6) is -0.219. The van der Waals surface area contributed by atoms with Gasteiger partial charge in [-0.25, -0.2) is 0 Å².